The molecule has 2 saturated heterocycles. The first-order chi connectivity index (χ1) is 12.1. The summed E-state index contributed by atoms with van der Waals surface area (Å²) in [5, 5.41) is 3.63. The van der Waals surface area contributed by atoms with E-state index in [4.69, 9.17) is 4.74 Å². The Morgan fingerprint density at radius 3 is 2.76 bits per heavy atom. The van der Waals surface area contributed by atoms with Gasteiger partial charge in [-0.2, -0.15) is 0 Å². The minimum Gasteiger partial charge on any atom is -0.372 e. The first kappa shape index (κ1) is 16.7. The van der Waals surface area contributed by atoms with Crippen molar-refractivity contribution in [3.8, 4) is 0 Å². The Morgan fingerprint density at radius 2 is 2.04 bits per heavy atom. The van der Waals surface area contributed by atoms with Gasteiger partial charge in [0.2, 0.25) is 0 Å². The van der Waals surface area contributed by atoms with E-state index in [1.807, 2.05) is 19.3 Å². The lowest BCUT2D eigenvalue weighted by atomic mass is 9.82. The zero-order valence-electron chi connectivity index (χ0n) is 14.3. The van der Waals surface area contributed by atoms with Crippen LogP contribution in [0.2, 0.25) is 0 Å². The van der Waals surface area contributed by atoms with Crippen molar-refractivity contribution < 1.29 is 13.5 Å². The lowest BCUT2D eigenvalue weighted by molar-refractivity contribution is -0.0320. The van der Waals surface area contributed by atoms with Crippen LogP contribution in [0.5, 0.6) is 0 Å². The van der Waals surface area contributed by atoms with Crippen LogP contribution in [-0.4, -0.2) is 27.7 Å². The molecule has 4 rings (SSSR count). The van der Waals surface area contributed by atoms with Crippen molar-refractivity contribution in [2.45, 2.75) is 63.4 Å². The van der Waals surface area contributed by atoms with Gasteiger partial charge in [-0.1, -0.05) is 6.07 Å². The first-order valence-electron chi connectivity index (χ1n) is 8.92. The van der Waals surface area contributed by atoms with Crippen LogP contribution < -0.4 is 5.32 Å². The van der Waals surface area contributed by atoms with Gasteiger partial charge in [-0.05, 0) is 44.7 Å². The molecular weight excluding hydrogens is 324 g/mol. The van der Waals surface area contributed by atoms with Crippen LogP contribution in [0.15, 0.2) is 30.6 Å². The third kappa shape index (κ3) is 3.33. The number of benzene rings is 1. The maximum Gasteiger partial charge on any atom is 0.131 e. The second-order valence-electron chi connectivity index (χ2n) is 7.10. The lowest BCUT2D eigenvalue weighted by Gasteiger charge is -2.45. The van der Waals surface area contributed by atoms with Gasteiger partial charge in [-0.15, -0.1) is 0 Å². The van der Waals surface area contributed by atoms with E-state index in [1.165, 1.54) is 18.2 Å². The topological polar surface area (TPSA) is 39.1 Å². The minimum absolute atomic E-state index is 0.0161. The van der Waals surface area contributed by atoms with Gasteiger partial charge in [-0.3, -0.25) is 0 Å². The number of fused-ring (bicyclic) bond motifs is 2. The van der Waals surface area contributed by atoms with Crippen LogP contribution in [0.25, 0.3) is 0 Å². The van der Waals surface area contributed by atoms with E-state index in [0.717, 1.165) is 31.5 Å². The van der Waals surface area contributed by atoms with E-state index in [9.17, 15) is 8.78 Å². The fourth-order valence-corrected chi connectivity index (χ4v) is 4.24. The average molecular weight is 347 g/mol. The Hall–Kier alpha value is -1.79. The van der Waals surface area contributed by atoms with Crippen molar-refractivity contribution in [2.24, 2.45) is 0 Å². The van der Waals surface area contributed by atoms with Crippen molar-refractivity contribution in [1.29, 1.82) is 0 Å². The van der Waals surface area contributed by atoms with E-state index < -0.39 is 11.6 Å². The molecule has 1 N–H and O–H groups in total. The summed E-state index contributed by atoms with van der Waals surface area (Å²) in [7, 11) is 0. The first-order valence-corrected chi connectivity index (χ1v) is 8.92. The van der Waals surface area contributed by atoms with Gasteiger partial charge >= 0.3 is 0 Å². The third-order valence-corrected chi connectivity index (χ3v) is 5.54. The number of aromatic nitrogens is 2. The number of nitrogens with one attached hydrogen (secondary N) is 1. The van der Waals surface area contributed by atoms with Gasteiger partial charge in [0.05, 0.1) is 12.7 Å². The molecular formula is C19H23F2N3O. The van der Waals surface area contributed by atoms with E-state index in [1.54, 1.807) is 0 Å². The minimum atomic E-state index is -0.544. The van der Waals surface area contributed by atoms with Crippen LogP contribution in [0, 0.1) is 18.6 Å². The monoisotopic (exact) mass is 347 g/mol. The van der Waals surface area contributed by atoms with Crippen LogP contribution >= 0.6 is 0 Å². The van der Waals surface area contributed by atoms with Gasteiger partial charge in [0.25, 0.3) is 0 Å². The molecule has 134 valence electrons. The summed E-state index contributed by atoms with van der Waals surface area (Å²) in [6.07, 6.45) is 7.81. The second-order valence-corrected chi connectivity index (χ2v) is 7.10. The van der Waals surface area contributed by atoms with E-state index >= 15 is 0 Å². The summed E-state index contributed by atoms with van der Waals surface area (Å²) in [6.45, 7) is 1.99. The number of hydrogen-bond donors (Lipinski definition) is 1. The molecule has 2 bridgehead atoms. The smallest absolute Gasteiger partial charge is 0.131 e. The Labute approximate surface area is 146 Å². The molecule has 25 heavy (non-hydrogen) atoms. The number of ether oxygens (including phenoxy) is 1. The standard InChI is InChI=1S/C19H23F2N3O/c1-12-22-7-8-24(12)14-9-13-5-6-19(18(10-14)23-13)25-11-15-16(20)3-2-4-17(15)21/h2-4,7-8,13-14,18-19,23H,5-6,9-11H2,1H3. The van der Waals surface area contributed by atoms with Crippen molar-refractivity contribution in [3.05, 3.63) is 53.6 Å². The molecule has 1 aromatic carbocycles. The molecule has 2 aliphatic heterocycles. The van der Waals surface area contributed by atoms with Crippen LogP contribution in [-0.2, 0) is 11.3 Å². The molecule has 4 unspecified atom stereocenters. The van der Waals surface area contributed by atoms with E-state index in [0.29, 0.717) is 12.1 Å². The highest BCUT2D eigenvalue weighted by atomic mass is 19.1. The number of nitrogens with zero attached hydrogens (tertiary/aromatic N) is 2. The third-order valence-electron chi connectivity index (χ3n) is 5.54. The molecule has 0 amide bonds. The lowest BCUT2D eigenvalue weighted by Crippen LogP contribution is -2.56. The number of aryl methyl sites for hydroxylation is 1. The summed E-state index contributed by atoms with van der Waals surface area (Å²) in [6, 6.07) is 4.99. The van der Waals surface area contributed by atoms with Crippen LogP contribution in [0.1, 0.15) is 43.1 Å². The summed E-state index contributed by atoms with van der Waals surface area (Å²) in [4.78, 5) is 4.33. The quantitative estimate of drug-likeness (QED) is 0.920. The molecule has 0 spiro atoms. The van der Waals surface area contributed by atoms with Gasteiger partial charge in [0.1, 0.15) is 17.5 Å². The highest BCUT2D eigenvalue weighted by molar-refractivity contribution is 5.18. The number of hydrogen-bond acceptors (Lipinski definition) is 3. The number of halogens is 2. The zero-order chi connectivity index (χ0) is 17.4. The Morgan fingerprint density at radius 1 is 1.24 bits per heavy atom. The zero-order valence-corrected chi connectivity index (χ0v) is 14.3. The fourth-order valence-electron chi connectivity index (χ4n) is 4.24. The molecule has 4 nitrogen and oxygen atoms in total. The summed E-state index contributed by atoms with van der Waals surface area (Å²) in [5.41, 5.74) is 0.0161. The predicted octanol–water partition coefficient (Wildman–Crippen LogP) is 3.51. The molecule has 0 radical (unpaired) electrons. The Bertz CT molecular complexity index is 728. The van der Waals surface area contributed by atoms with Gasteiger partial charge in [0.15, 0.2) is 0 Å². The summed E-state index contributed by atoms with van der Waals surface area (Å²) in [5.74, 6) is -0.0646. The highest BCUT2D eigenvalue weighted by Crippen LogP contribution is 2.35. The SMILES string of the molecule is Cc1nccn1C1CC2CCC(OCc3c(F)cccc3F)C(C1)N2. The normalized spacial score (nSPS) is 28.9. The van der Waals surface area contributed by atoms with Crippen molar-refractivity contribution in [1.82, 2.24) is 14.9 Å². The second kappa shape index (κ2) is 6.84. The number of piperidine rings is 2. The highest BCUT2D eigenvalue weighted by Gasteiger charge is 2.38. The Kier molecular flexibility index (Phi) is 4.56. The maximum atomic E-state index is 13.8. The molecule has 2 aliphatic rings. The largest absolute Gasteiger partial charge is 0.372 e. The summed E-state index contributed by atoms with van der Waals surface area (Å²) >= 11 is 0. The van der Waals surface area contributed by atoms with Crippen molar-refractivity contribution in [2.75, 3.05) is 0 Å². The molecule has 4 atom stereocenters. The average Bonchev–Trinajstić information content (AvgIpc) is 3.02. The fraction of sp³-hybridized carbons (Fsp3) is 0.526. The molecule has 0 aliphatic carbocycles. The van der Waals surface area contributed by atoms with E-state index in [2.05, 4.69) is 14.9 Å². The maximum absolute atomic E-state index is 13.8. The molecule has 1 aromatic heterocycles. The Balaban J connectivity index is 1.44. The van der Waals surface area contributed by atoms with Crippen molar-refractivity contribution in [3.63, 3.8) is 0 Å². The molecule has 2 fully saturated rings. The molecule has 0 saturated carbocycles. The van der Waals surface area contributed by atoms with Crippen LogP contribution in [0.3, 0.4) is 0 Å². The molecule has 2 aromatic rings. The predicted molar refractivity (Wildman–Crippen MR) is 90.1 cm³/mol. The van der Waals surface area contributed by atoms with Gasteiger partial charge in [-0.25, -0.2) is 13.8 Å². The summed E-state index contributed by atoms with van der Waals surface area (Å²) < 4.78 is 35.8. The molecule has 3 heterocycles. The van der Waals surface area contributed by atoms with Gasteiger partial charge < -0.3 is 14.6 Å². The van der Waals surface area contributed by atoms with Gasteiger partial charge in [0, 0.05) is 36.1 Å². The van der Waals surface area contributed by atoms with Crippen LogP contribution in [0.4, 0.5) is 8.78 Å². The number of imidazole rings is 1. The molecule has 6 heteroatoms. The number of rotatable bonds is 4. The van der Waals surface area contributed by atoms with E-state index in [-0.39, 0.29) is 24.3 Å². The van der Waals surface area contributed by atoms with Crippen molar-refractivity contribution >= 4 is 0 Å².